The number of halogens is 1. The summed E-state index contributed by atoms with van der Waals surface area (Å²) in [4.78, 5) is 27.8. The first-order valence-electron chi connectivity index (χ1n) is 15.1. The van der Waals surface area contributed by atoms with E-state index in [-0.39, 0.29) is 18.1 Å². The molecule has 2 amide bonds. The lowest BCUT2D eigenvalue weighted by atomic mass is 9.84. The molecule has 1 heterocycles. The van der Waals surface area contributed by atoms with Crippen molar-refractivity contribution in [2.24, 2.45) is 0 Å². The van der Waals surface area contributed by atoms with Crippen molar-refractivity contribution < 1.29 is 19.1 Å². The highest BCUT2D eigenvalue weighted by atomic mass is 79.9. The Hall–Kier alpha value is -3.63. The maximum absolute atomic E-state index is 14.0. The molecule has 3 unspecified atom stereocenters. The fourth-order valence-electron chi connectivity index (χ4n) is 5.56. The number of ether oxygens (including phenoxy) is 2. The predicted octanol–water partition coefficient (Wildman–Crippen LogP) is 7.03. The second-order valence-corrected chi connectivity index (χ2v) is 12.9. The number of para-hydroxylation sites is 1. The van der Waals surface area contributed by atoms with Gasteiger partial charge in [0.05, 0.1) is 19.3 Å². The van der Waals surface area contributed by atoms with E-state index in [0.717, 1.165) is 52.8 Å². The number of alkyl carbamates (subject to hydrolysis) is 1. The minimum absolute atomic E-state index is 0.0601. The third kappa shape index (κ3) is 9.43. The van der Waals surface area contributed by atoms with Crippen LogP contribution in [0.4, 0.5) is 10.5 Å². The molecule has 7 nitrogen and oxygen atoms in total. The molecule has 45 heavy (non-hydrogen) atoms. The first-order chi connectivity index (χ1) is 22.0. The fraction of sp³-hybridized carbons (Fsp3) is 0.278. The number of carbonyl (C=O) groups excluding carboxylic acids is 2. The normalized spacial score (nSPS) is 17.0. The Labute approximate surface area is 277 Å². The van der Waals surface area contributed by atoms with Crippen LogP contribution in [-0.4, -0.2) is 56.2 Å². The van der Waals surface area contributed by atoms with Crippen molar-refractivity contribution in [1.29, 1.82) is 0 Å². The highest BCUT2D eigenvalue weighted by Gasteiger charge is 2.33. The molecule has 1 fully saturated rings. The summed E-state index contributed by atoms with van der Waals surface area (Å²) in [5, 5.41) is 9.47. The van der Waals surface area contributed by atoms with Crippen LogP contribution in [0, 0.1) is 0 Å². The van der Waals surface area contributed by atoms with Crippen LogP contribution in [-0.2, 0) is 20.7 Å². The van der Waals surface area contributed by atoms with Gasteiger partial charge in [-0.05, 0) is 53.8 Å². The van der Waals surface area contributed by atoms with Gasteiger partial charge in [-0.2, -0.15) is 0 Å². The SMILES string of the molecule is COC(=O)NC(C(=O)Nc1ccccc1CCC1CNCC(CSc2cccc(Br)c2)O1)C(c1ccccc1)c1ccccc1. The topological polar surface area (TPSA) is 88.7 Å². The standard InChI is InChI=1S/C36H38BrN3O4S/c1-43-36(42)40-34(33(26-12-4-2-5-13-26)27-14-6-3-7-15-27)35(41)39-32-18-9-8-11-25(32)19-20-29-22-38-23-30(44-29)24-45-31-17-10-16-28(37)21-31/h2-18,21,29-30,33-34,38H,19-20,22-24H2,1H3,(H,39,41)(H,40,42). The van der Waals surface area contributed by atoms with Gasteiger partial charge in [-0.3, -0.25) is 4.79 Å². The number of aryl methyl sites for hydroxylation is 1. The minimum atomic E-state index is -0.926. The zero-order chi connectivity index (χ0) is 31.4. The molecular weight excluding hydrogens is 650 g/mol. The van der Waals surface area contributed by atoms with Gasteiger partial charge >= 0.3 is 6.09 Å². The number of rotatable bonds is 12. The number of amides is 2. The summed E-state index contributed by atoms with van der Waals surface area (Å²) in [5.74, 6) is 0.100. The number of hydrogen-bond acceptors (Lipinski definition) is 6. The highest BCUT2D eigenvalue weighted by molar-refractivity contribution is 9.10. The van der Waals surface area contributed by atoms with Gasteiger partial charge < -0.3 is 25.4 Å². The molecule has 0 saturated carbocycles. The number of methoxy groups -OCH3 is 1. The molecule has 1 aliphatic rings. The molecular formula is C36H38BrN3O4S. The molecule has 1 aliphatic heterocycles. The van der Waals surface area contributed by atoms with Crippen molar-refractivity contribution in [2.75, 3.05) is 31.3 Å². The van der Waals surface area contributed by atoms with E-state index in [1.165, 1.54) is 12.0 Å². The van der Waals surface area contributed by atoms with Gasteiger partial charge in [0.25, 0.3) is 0 Å². The van der Waals surface area contributed by atoms with Crippen molar-refractivity contribution in [3.63, 3.8) is 0 Å². The van der Waals surface area contributed by atoms with E-state index in [2.05, 4.69) is 44.0 Å². The molecule has 0 aromatic heterocycles. The molecule has 1 saturated heterocycles. The van der Waals surface area contributed by atoms with Crippen molar-refractivity contribution in [2.45, 2.75) is 41.9 Å². The van der Waals surface area contributed by atoms with E-state index in [1.807, 2.05) is 97.1 Å². The average molecular weight is 689 g/mol. The number of hydrogen-bond donors (Lipinski definition) is 3. The third-order valence-electron chi connectivity index (χ3n) is 7.76. The number of morpholine rings is 1. The summed E-state index contributed by atoms with van der Waals surface area (Å²) in [7, 11) is 1.30. The number of carbonyl (C=O) groups is 2. The number of benzene rings is 4. The zero-order valence-corrected chi connectivity index (χ0v) is 27.6. The van der Waals surface area contributed by atoms with Crippen LogP contribution < -0.4 is 16.0 Å². The van der Waals surface area contributed by atoms with Gasteiger partial charge in [0.15, 0.2) is 0 Å². The van der Waals surface area contributed by atoms with Gasteiger partial charge in [0, 0.05) is 39.8 Å². The van der Waals surface area contributed by atoms with Crippen LogP contribution >= 0.6 is 27.7 Å². The van der Waals surface area contributed by atoms with Crippen LogP contribution in [0.25, 0.3) is 0 Å². The molecule has 3 atom stereocenters. The van der Waals surface area contributed by atoms with Crippen LogP contribution in [0.3, 0.4) is 0 Å². The second-order valence-electron chi connectivity index (χ2n) is 10.9. The Kier molecular flexibility index (Phi) is 12.1. The van der Waals surface area contributed by atoms with Gasteiger partial charge in [0.1, 0.15) is 6.04 Å². The Balaban J connectivity index is 1.27. The predicted molar refractivity (Wildman–Crippen MR) is 184 cm³/mol. The number of anilines is 1. The number of nitrogens with one attached hydrogen (secondary N) is 3. The molecule has 0 radical (unpaired) electrons. The summed E-state index contributed by atoms with van der Waals surface area (Å²) >= 11 is 5.34. The van der Waals surface area contributed by atoms with Gasteiger partial charge in [-0.1, -0.05) is 101 Å². The van der Waals surface area contributed by atoms with E-state index in [0.29, 0.717) is 5.69 Å². The van der Waals surface area contributed by atoms with Gasteiger partial charge in [0.2, 0.25) is 5.91 Å². The van der Waals surface area contributed by atoms with E-state index >= 15 is 0 Å². The van der Waals surface area contributed by atoms with Crippen LogP contribution in [0.5, 0.6) is 0 Å². The molecule has 9 heteroatoms. The van der Waals surface area contributed by atoms with E-state index in [9.17, 15) is 9.59 Å². The lowest BCUT2D eigenvalue weighted by Gasteiger charge is -2.31. The van der Waals surface area contributed by atoms with Gasteiger partial charge in [-0.15, -0.1) is 11.8 Å². The Morgan fingerprint density at radius 1 is 0.911 bits per heavy atom. The smallest absolute Gasteiger partial charge is 0.407 e. The maximum Gasteiger partial charge on any atom is 0.407 e. The van der Waals surface area contributed by atoms with Crippen LogP contribution in [0.1, 0.15) is 29.0 Å². The second kappa shape index (κ2) is 16.6. The van der Waals surface area contributed by atoms with Crippen molar-refractivity contribution in [3.8, 4) is 0 Å². The Bertz CT molecular complexity index is 1500. The average Bonchev–Trinajstić information content (AvgIpc) is 3.08. The molecule has 0 aliphatic carbocycles. The first-order valence-corrected chi connectivity index (χ1v) is 16.9. The van der Waals surface area contributed by atoms with E-state index in [1.54, 1.807) is 11.8 Å². The highest BCUT2D eigenvalue weighted by Crippen LogP contribution is 2.30. The molecule has 0 spiro atoms. The Morgan fingerprint density at radius 3 is 2.27 bits per heavy atom. The summed E-state index contributed by atoms with van der Waals surface area (Å²) in [6.45, 7) is 1.61. The quantitative estimate of drug-likeness (QED) is 0.139. The van der Waals surface area contributed by atoms with Crippen LogP contribution in [0.2, 0.25) is 0 Å². The molecule has 4 aromatic rings. The molecule has 0 bridgehead atoms. The zero-order valence-electron chi connectivity index (χ0n) is 25.2. The molecule has 4 aromatic carbocycles. The lowest BCUT2D eigenvalue weighted by molar-refractivity contribution is -0.118. The molecule has 5 rings (SSSR count). The summed E-state index contributed by atoms with van der Waals surface area (Å²) in [5.41, 5.74) is 3.53. The van der Waals surface area contributed by atoms with Crippen LogP contribution in [0.15, 0.2) is 119 Å². The first kappa shape index (κ1) is 32.8. The summed E-state index contributed by atoms with van der Waals surface area (Å²) in [6.07, 6.45) is 1.03. The fourth-order valence-corrected chi connectivity index (χ4v) is 7.07. The van der Waals surface area contributed by atoms with Crippen molar-refractivity contribution >= 4 is 45.4 Å². The summed E-state index contributed by atoms with van der Waals surface area (Å²) in [6, 6.07) is 34.6. The monoisotopic (exact) mass is 687 g/mol. The minimum Gasteiger partial charge on any atom is -0.453 e. The van der Waals surface area contributed by atoms with Gasteiger partial charge in [-0.25, -0.2) is 4.79 Å². The maximum atomic E-state index is 14.0. The van der Waals surface area contributed by atoms with Crippen molar-refractivity contribution in [1.82, 2.24) is 10.6 Å². The van der Waals surface area contributed by atoms with E-state index < -0.39 is 18.1 Å². The lowest BCUT2D eigenvalue weighted by Crippen LogP contribution is -2.48. The van der Waals surface area contributed by atoms with E-state index in [4.69, 9.17) is 9.47 Å². The molecule has 3 N–H and O–H groups in total. The Morgan fingerprint density at radius 2 is 1.58 bits per heavy atom. The third-order valence-corrected chi connectivity index (χ3v) is 9.38. The molecule has 234 valence electrons. The van der Waals surface area contributed by atoms with Crippen molar-refractivity contribution in [3.05, 3.63) is 130 Å². The summed E-state index contributed by atoms with van der Waals surface area (Å²) < 4.78 is 12.5. The largest absolute Gasteiger partial charge is 0.453 e. The number of thioether (sulfide) groups is 1.